The van der Waals surface area contributed by atoms with Gasteiger partial charge in [0.1, 0.15) is 0 Å². The van der Waals surface area contributed by atoms with Gasteiger partial charge in [0.15, 0.2) is 11.5 Å². The Balaban J connectivity index is 0.00000225. The molecule has 146 valence electrons. The normalized spacial score (nSPS) is 19.1. The first kappa shape index (κ1) is 20.1. The zero-order chi connectivity index (χ0) is 19.0. The van der Waals surface area contributed by atoms with Crippen LogP contribution in [0.15, 0.2) is 72.2 Å². The molecule has 0 bridgehead atoms. The van der Waals surface area contributed by atoms with Crippen LogP contribution in [0.25, 0.3) is 0 Å². The Hall–Kier alpha value is -2.64. The molecule has 0 spiro atoms. The van der Waals surface area contributed by atoms with Crippen LogP contribution in [0.2, 0.25) is 0 Å². The summed E-state index contributed by atoms with van der Waals surface area (Å²) in [6.07, 6.45) is 0. The molecule has 0 aromatic heterocycles. The third kappa shape index (κ3) is 3.55. The number of urea groups is 1. The zero-order valence-corrected chi connectivity index (χ0v) is 17.5. The first-order valence-electron chi connectivity index (χ1n) is 9.04. The predicted molar refractivity (Wildman–Crippen MR) is 101 cm³/mol. The van der Waals surface area contributed by atoms with E-state index < -0.39 is 0 Å². The monoisotopic (exact) mass is 442 g/mol. The van der Waals surface area contributed by atoms with E-state index >= 15 is 0 Å². The van der Waals surface area contributed by atoms with Crippen LogP contribution in [0.5, 0.6) is 0 Å². The molecule has 1 atom stereocenters. The number of hydrogen-bond acceptors (Lipinski definition) is 4. The number of halogens is 1. The van der Waals surface area contributed by atoms with E-state index in [0.29, 0.717) is 31.3 Å². The third-order valence-electron chi connectivity index (χ3n) is 5.10. The summed E-state index contributed by atoms with van der Waals surface area (Å²) < 4.78 is 0. The topological polar surface area (TPSA) is 48.3 Å². The highest BCUT2D eigenvalue weighted by Gasteiger charge is 2.48. The Kier molecular flexibility index (Phi) is 5.86. The first-order chi connectivity index (χ1) is 13.1. The van der Waals surface area contributed by atoms with Crippen LogP contribution in [0.1, 0.15) is 11.1 Å². The van der Waals surface area contributed by atoms with Gasteiger partial charge in [-0.05, 0) is 11.1 Å². The number of rotatable bonds is 4. The van der Waals surface area contributed by atoms with E-state index in [1.54, 1.807) is 19.0 Å². The van der Waals surface area contributed by atoms with Crippen molar-refractivity contribution in [2.24, 2.45) is 0 Å². The van der Waals surface area contributed by atoms with Crippen LogP contribution in [0.3, 0.4) is 0 Å². The lowest BCUT2D eigenvalue weighted by atomic mass is 10.2. The molecule has 7 heteroatoms. The first-order valence-corrected chi connectivity index (χ1v) is 9.04. The summed E-state index contributed by atoms with van der Waals surface area (Å²) in [6.45, 7) is 1.85. The second kappa shape index (κ2) is 8.16. The Labute approximate surface area is 175 Å². The summed E-state index contributed by atoms with van der Waals surface area (Å²) in [6, 6.07) is 20.0. The van der Waals surface area contributed by atoms with Crippen molar-refractivity contribution >= 4 is 11.9 Å². The van der Waals surface area contributed by atoms with Gasteiger partial charge in [-0.2, -0.15) is 4.90 Å². The van der Waals surface area contributed by atoms with Gasteiger partial charge in [0.05, 0.1) is 13.7 Å². The zero-order valence-electron chi connectivity index (χ0n) is 15.9. The van der Waals surface area contributed by atoms with E-state index in [4.69, 9.17) is 0 Å². The molecule has 0 saturated heterocycles. The molecule has 4 rings (SSSR count). The minimum Gasteiger partial charge on any atom is -1.00 e. The number of benzene rings is 2. The molecule has 0 saturated carbocycles. The van der Waals surface area contributed by atoms with E-state index in [1.807, 2.05) is 36.4 Å². The fourth-order valence-electron chi connectivity index (χ4n) is 3.74. The molecule has 1 N–H and O–H groups in total. The van der Waals surface area contributed by atoms with Crippen LogP contribution < -0.4 is 21.9 Å². The molecule has 0 radical (unpaired) electrons. The van der Waals surface area contributed by atoms with Gasteiger partial charge in [-0.3, -0.25) is 0 Å². The molecule has 1 unspecified atom stereocenters. The molecular formula is C21H23BrN4O2. The number of carbonyl (C=O) groups is 2. The highest BCUT2D eigenvalue weighted by molar-refractivity contribution is 5.96. The minimum atomic E-state index is -0.224. The number of quaternary nitrogens is 1. The lowest BCUT2D eigenvalue weighted by Crippen LogP contribution is -3.16. The third-order valence-corrected chi connectivity index (χ3v) is 5.10. The van der Waals surface area contributed by atoms with Crippen molar-refractivity contribution in [1.29, 1.82) is 0 Å². The minimum absolute atomic E-state index is 0. The maximum absolute atomic E-state index is 13.0. The maximum Gasteiger partial charge on any atom is 0.430 e. The highest BCUT2D eigenvalue weighted by atomic mass is 79.9. The summed E-state index contributed by atoms with van der Waals surface area (Å²) >= 11 is 0. The van der Waals surface area contributed by atoms with Gasteiger partial charge in [0.25, 0.3) is 0 Å². The van der Waals surface area contributed by atoms with Gasteiger partial charge in [-0.25, -0.2) is 14.5 Å². The van der Waals surface area contributed by atoms with E-state index in [-0.39, 0.29) is 33.8 Å². The lowest BCUT2D eigenvalue weighted by molar-refractivity contribution is -0.711. The Morgan fingerprint density at radius 2 is 1.36 bits per heavy atom. The second-order valence-electron chi connectivity index (χ2n) is 7.00. The smallest absolute Gasteiger partial charge is 0.430 e. The number of carbonyl (C=O) groups excluding carboxylic acids is 2. The van der Waals surface area contributed by atoms with E-state index in [9.17, 15) is 9.59 Å². The number of hydrogen-bond donors (Lipinski definition) is 1. The molecule has 2 aliphatic rings. The molecule has 3 amide bonds. The Morgan fingerprint density at radius 1 is 0.857 bits per heavy atom. The average Bonchev–Trinajstić information content (AvgIpc) is 3.04. The van der Waals surface area contributed by atoms with Crippen LogP contribution in [0.4, 0.5) is 4.79 Å². The quantitative estimate of drug-likeness (QED) is 0.609. The Bertz CT molecular complexity index is 901. The van der Waals surface area contributed by atoms with Gasteiger partial charge in [0.2, 0.25) is 0 Å². The van der Waals surface area contributed by atoms with Crippen molar-refractivity contribution in [2.45, 2.75) is 13.1 Å². The number of nitrogens with zero attached hydrogens (tertiary/aromatic N) is 3. The van der Waals surface area contributed by atoms with Crippen molar-refractivity contribution in [3.05, 3.63) is 83.3 Å². The molecule has 28 heavy (non-hydrogen) atoms. The second-order valence-corrected chi connectivity index (χ2v) is 7.00. The van der Waals surface area contributed by atoms with Crippen molar-refractivity contribution in [3.63, 3.8) is 0 Å². The number of likely N-dealkylation sites (N-methyl/N-ethyl adjacent to an activating group) is 1. The molecule has 2 aromatic carbocycles. The number of amides is 3. The predicted octanol–water partition coefficient (Wildman–Crippen LogP) is -1.76. The van der Waals surface area contributed by atoms with Gasteiger partial charge in [0, 0.05) is 20.1 Å². The summed E-state index contributed by atoms with van der Waals surface area (Å²) in [5.74, 6) is 0.537. The van der Waals surface area contributed by atoms with Crippen molar-refractivity contribution in [2.75, 3.05) is 20.8 Å². The molecule has 0 fully saturated rings. The average molecular weight is 443 g/mol. The van der Waals surface area contributed by atoms with E-state index in [1.165, 1.54) is 0 Å². The maximum atomic E-state index is 13.0. The summed E-state index contributed by atoms with van der Waals surface area (Å²) in [5, 5.41) is 0. The van der Waals surface area contributed by atoms with Gasteiger partial charge < -0.3 is 26.8 Å². The SMILES string of the molecule is CN1C(=O)[NH+](C)C(=O)C2=C1N(Cc1ccccc1)CN2Cc1ccccc1.[Br-]. The van der Waals surface area contributed by atoms with Crippen LogP contribution in [-0.4, -0.2) is 47.4 Å². The molecule has 2 aliphatic heterocycles. The van der Waals surface area contributed by atoms with Crippen LogP contribution in [0, 0.1) is 0 Å². The van der Waals surface area contributed by atoms with Crippen LogP contribution >= 0.6 is 0 Å². The van der Waals surface area contributed by atoms with Crippen molar-refractivity contribution in [1.82, 2.24) is 14.7 Å². The summed E-state index contributed by atoms with van der Waals surface area (Å²) in [7, 11) is 3.36. The lowest BCUT2D eigenvalue weighted by Gasteiger charge is -2.30. The van der Waals surface area contributed by atoms with E-state index in [2.05, 4.69) is 34.1 Å². The fourth-order valence-corrected chi connectivity index (χ4v) is 3.74. The van der Waals surface area contributed by atoms with Gasteiger partial charge >= 0.3 is 11.9 Å². The molecule has 6 nitrogen and oxygen atoms in total. The molecule has 0 aliphatic carbocycles. The largest absolute Gasteiger partial charge is 1.00 e. The summed E-state index contributed by atoms with van der Waals surface area (Å²) in [4.78, 5) is 31.5. The molecule has 2 heterocycles. The summed E-state index contributed by atoms with van der Waals surface area (Å²) in [5.41, 5.74) is 2.90. The Morgan fingerprint density at radius 3 is 1.89 bits per heavy atom. The molecule has 2 aromatic rings. The van der Waals surface area contributed by atoms with Crippen molar-refractivity contribution < 1.29 is 31.5 Å². The number of imide groups is 1. The van der Waals surface area contributed by atoms with E-state index in [0.717, 1.165) is 11.1 Å². The fraction of sp³-hybridized carbons (Fsp3) is 0.238. The number of nitrogens with one attached hydrogen (secondary N) is 1. The van der Waals surface area contributed by atoms with Gasteiger partial charge in [-0.1, -0.05) is 60.7 Å². The van der Waals surface area contributed by atoms with Crippen LogP contribution in [-0.2, 0) is 17.9 Å². The van der Waals surface area contributed by atoms with Crippen molar-refractivity contribution in [3.8, 4) is 0 Å². The highest BCUT2D eigenvalue weighted by Crippen LogP contribution is 2.30. The standard InChI is InChI=1S/C21H22N4O2.BrH/c1-22-19-18(20(26)23(2)21(22)27)24(13-16-9-5-3-6-10-16)15-25(19)14-17-11-7-4-8-12-17;/h3-12H,13-15H2,1-2H3;1H. The molecular weight excluding hydrogens is 420 g/mol. The van der Waals surface area contributed by atoms with Gasteiger partial charge in [-0.15, -0.1) is 0 Å².